The van der Waals surface area contributed by atoms with Gasteiger partial charge in [0.25, 0.3) is 0 Å². The van der Waals surface area contributed by atoms with Crippen molar-refractivity contribution in [3.8, 4) is 0 Å². The van der Waals surface area contributed by atoms with E-state index >= 15 is 0 Å². The first-order chi connectivity index (χ1) is 9.95. The van der Waals surface area contributed by atoms with Gasteiger partial charge in [-0.3, -0.25) is 0 Å². The average Bonchev–Trinajstić information content (AvgIpc) is 2.42. The van der Waals surface area contributed by atoms with Crippen LogP contribution in [-0.4, -0.2) is 37.5 Å². The van der Waals surface area contributed by atoms with Crippen molar-refractivity contribution in [2.24, 2.45) is 0 Å². The molecule has 0 radical (unpaired) electrons. The molecule has 118 valence electrons. The van der Waals surface area contributed by atoms with Crippen LogP contribution in [0.15, 0.2) is 24.3 Å². The maximum Gasteiger partial charge on any atom is 0.418 e. The molecule has 3 N–H and O–H groups in total. The Bertz CT molecular complexity index is 453. The number of halogens is 3. The van der Waals surface area contributed by atoms with Gasteiger partial charge in [-0.15, -0.1) is 0 Å². The molecule has 5 nitrogen and oxygen atoms in total. The van der Waals surface area contributed by atoms with Gasteiger partial charge in [0.1, 0.15) is 0 Å². The predicted molar refractivity (Wildman–Crippen MR) is 71.0 cm³/mol. The fraction of sp³-hybridized carbons (Fsp3) is 0.462. The number of benzene rings is 1. The number of carbonyl (C=O) groups is 1. The van der Waals surface area contributed by atoms with Crippen LogP contribution < -0.4 is 10.6 Å². The van der Waals surface area contributed by atoms with Crippen LogP contribution in [0, 0.1) is 0 Å². The number of anilines is 1. The van der Waals surface area contributed by atoms with E-state index in [1.807, 2.05) is 0 Å². The summed E-state index contributed by atoms with van der Waals surface area (Å²) in [7, 11) is 0. The zero-order valence-corrected chi connectivity index (χ0v) is 11.2. The number of ether oxygens (including phenoxy) is 1. The quantitative estimate of drug-likeness (QED) is 0.677. The molecular formula is C13H17F3N2O3. The highest BCUT2D eigenvalue weighted by Crippen LogP contribution is 2.34. The number of alkyl halides is 3. The van der Waals surface area contributed by atoms with Gasteiger partial charge in [-0.2, -0.15) is 13.2 Å². The Balaban J connectivity index is 2.42. The molecule has 0 unspecified atom stereocenters. The number of urea groups is 1. The number of hydrogen-bond donors (Lipinski definition) is 3. The molecule has 0 aliphatic carbocycles. The number of aliphatic hydroxyl groups is 1. The van der Waals surface area contributed by atoms with Crippen molar-refractivity contribution in [3.05, 3.63) is 29.8 Å². The molecule has 0 aliphatic rings. The number of nitrogens with one attached hydrogen (secondary N) is 2. The summed E-state index contributed by atoms with van der Waals surface area (Å²) in [6.07, 6.45) is -4.03. The third-order valence-electron chi connectivity index (χ3n) is 2.47. The molecule has 0 fully saturated rings. The van der Waals surface area contributed by atoms with Crippen molar-refractivity contribution >= 4 is 11.7 Å². The fourth-order valence-corrected chi connectivity index (χ4v) is 1.55. The first kappa shape index (κ1) is 17.3. The van der Waals surface area contributed by atoms with E-state index in [2.05, 4.69) is 10.6 Å². The lowest BCUT2D eigenvalue weighted by Gasteiger charge is -2.14. The Morgan fingerprint density at radius 1 is 1.24 bits per heavy atom. The Morgan fingerprint density at radius 2 is 1.95 bits per heavy atom. The van der Waals surface area contributed by atoms with Crippen molar-refractivity contribution in [2.45, 2.75) is 12.6 Å². The molecule has 0 heterocycles. The zero-order valence-electron chi connectivity index (χ0n) is 11.2. The summed E-state index contributed by atoms with van der Waals surface area (Å²) >= 11 is 0. The molecule has 0 atom stereocenters. The molecule has 1 aromatic carbocycles. The number of rotatable bonds is 7. The van der Waals surface area contributed by atoms with Crippen molar-refractivity contribution in [1.29, 1.82) is 0 Å². The second-order valence-corrected chi connectivity index (χ2v) is 4.11. The molecule has 21 heavy (non-hydrogen) atoms. The number of amides is 2. The Morgan fingerprint density at radius 3 is 2.62 bits per heavy atom. The van der Waals surface area contributed by atoms with E-state index in [4.69, 9.17) is 9.84 Å². The van der Waals surface area contributed by atoms with Gasteiger partial charge in [-0.25, -0.2) is 4.79 Å². The lowest BCUT2D eigenvalue weighted by molar-refractivity contribution is -0.136. The van der Waals surface area contributed by atoms with Crippen LogP contribution in [0.2, 0.25) is 0 Å². The van der Waals surface area contributed by atoms with E-state index in [0.29, 0.717) is 13.0 Å². The van der Waals surface area contributed by atoms with Crippen LogP contribution in [0.4, 0.5) is 23.7 Å². The van der Waals surface area contributed by atoms with Crippen molar-refractivity contribution in [3.63, 3.8) is 0 Å². The van der Waals surface area contributed by atoms with Crippen molar-refractivity contribution in [1.82, 2.24) is 5.32 Å². The number of carbonyl (C=O) groups excluding carboxylic acids is 1. The van der Waals surface area contributed by atoms with Gasteiger partial charge in [-0.05, 0) is 18.6 Å². The van der Waals surface area contributed by atoms with Crippen LogP contribution in [0.5, 0.6) is 0 Å². The highest BCUT2D eigenvalue weighted by molar-refractivity contribution is 5.90. The molecule has 0 aromatic heterocycles. The summed E-state index contributed by atoms with van der Waals surface area (Å²) in [4.78, 5) is 11.5. The van der Waals surface area contributed by atoms with Gasteiger partial charge >= 0.3 is 12.2 Å². The summed E-state index contributed by atoms with van der Waals surface area (Å²) < 4.78 is 43.1. The predicted octanol–water partition coefficient (Wildman–Crippen LogP) is 2.23. The molecular weight excluding hydrogens is 289 g/mol. The normalized spacial score (nSPS) is 11.2. The lowest BCUT2D eigenvalue weighted by atomic mass is 10.1. The van der Waals surface area contributed by atoms with Gasteiger partial charge in [0.2, 0.25) is 0 Å². The molecule has 2 amide bonds. The summed E-state index contributed by atoms with van der Waals surface area (Å²) in [6.45, 7) is 0.735. The monoisotopic (exact) mass is 306 g/mol. The number of aliphatic hydroxyl groups excluding tert-OH is 1. The zero-order chi connectivity index (χ0) is 15.7. The summed E-state index contributed by atoms with van der Waals surface area (Å²) in [5, 5.41) is 13.1. The molecule has 0 aliphatic heterocycles. The Hall–Kier alpha value is -1.80. The maximum atomic E-state index is 12.7. The largest absolute Gasteiger partial charge is 0.418 e. The van der Waals surface area contributed by atoms with E-state index < -0.39 is 17.8 Å². The van der Waals surface area contributed by atoms with E-state index in [-0.39, 0.29) is 25.4 Å². The molecule has 0 spiro atoms. The van der Waals surface area contributed by atoms with Gasteiger partial charge < -0.3 is 20.5 Å². The fourth-order valence-electron chi connectivity index (χ4n) is 1.55. The second kappa shape index (κ2) is 8.48. The highest BCUT2D eigenvalue weighted by Gasteiger charge is 2.33. The van der Waals surface area contributed by atoms with E-state index in [0.717, 1.165) is 6.07 Å². The summed E-state index contributed by atoms with van der Waals surface area (Å²) in [6, 6.07) is 4.04. The summed E-state index contributed by atoms with van der Waals surface area (Å²) in [5.74, 6) is 0. The second-order valence-electron chi connectivity index (χ2n) is 4.11. The van der Waals surface area contributed by atoms with Crippen LogP contribution in [0.1, 0.15) is 12.0 Å². The SMILES string of the molecule is O=C(NCCCOCCO)Nc1ccccc1C(F)(F)F. The van der Waals surface area contributed by atoms with Gasteiger partial charge in [0.15, 0.2) is 0 Å². The number of hydrogen-bond acceptors (Lipinski definition) is 3. The lowest BCUT2D eigenvalue weighted by Crippen LogP contribution is -2.31. The summed E-state index contributed by atoms with van der Waals surface area (Å²) in [5.41, 5.74) is -1.19. The topological polar surface area (TPSA) is 70.6 Å². The standard InChI is InChI=1S/C13H17F3N2O3/c14-13(15,16)10-4-1-2-5-11(10)18-12(20)17-6-3-8-21-9-7-19/h1-2,4-5,19H,3,6-9H2,(H2,17,18,20). The molecule has 0 saturated heterocycles. The molecule has 1 aromatic rings. The van der Waals surface area contributed by atoms with Crippen molar-refractivity contribution < 1.29 is 27.8 Å². The first-order valence-corrected chi connectivity index (χ1v) is 6.35. The van der Waals surface area contributed by atoms with Gasteiger partial charge in [-0.1, -0.05) is 12.1 Å². The Labute approximate surface area is 120 Å². The van der Waals surface area contributed by atoms with Crippen LogP contribution in [0.25, 0.3) is 0 Å². The first-order valence-electron chi connectivity index (χ1n) is 6.35. The Kier molecular flexibility index (Phi) is 6.97. The third-order valence-corrected chi connectivity index (χ3v) is 2.47. The van der Waals surface area contributed by atoms with E-state index in [1.165, 1.54) is 18.2 Å². The minimum atomic E-state index is -4.53. The van der Waals surface area contributed by atoms with Gasteiger partial charge in [0.05, 0.1) is 24.5 Å². The van der Waals surface area contributed by atoms with Crippen LogP contribution in [0.3, 0.4) is 0 Å². The highest BCUT2D eigenvalue weighted by atomic mass is 19.4. The van der Waals surface area contributed by atoms with Crippen LogP contribution in [-0.2, 0) is 10.9 Å². The smallest absolute Gasteiger partial charge is 0.394 e. The third kappa shape index (κ3) is 6.46. The van der Waals surface area contributed by atoms with Crippen LogP contribution >= 0.6 is 0 Å². The van der Waals surface area contributed by atoms with E-state index in [1.54, 1.807) is 0 Å². The molecule has 0 bridgehead atoms. The maximum absolute atomic E-state index is 12.7. The van der Waals surface area contributed by atoms with E-state index in [9.17, 15) is 18.0 Å². The minimum Gasteiger partial charge on any atom is -0.394 e. The van der Waals surface area contributed by atoms with Crippen molar-refractivity contribution in [2.75, 3.05) is 31.7 Å². The number of para-hydroxylation sites is 1. The molecule has 8 heteroatoms. The minimum absolute atomic E-state index is 0.0812. The van der Waals surface area contributed by atoms with Gasteiger partial charge in [0, 0.05) is 13.2 Å². The molecule has 0 saturated carbocycles. The molecule has 1 rings (SSSR count). The average molecular weight is 306 g/mol.